The van der Waals surface area contributed by atoms with Gasteiger partial charge in [0.2, 0.25) is 5.91 Å². The first-order valence-electron chi connectivity index (χ1n) is 13.3. The average Bonchev–Trinajstić information content (AvgIpc) is 3.33. The van der Waals surface area contributed by atoms with Crippen LogP contribution in [-0.2, 0) is 9.53 Å². The Morgan fingerprint density at radius 3 is 2.22 bits per heavy atom. The molecule has 2 aromatic carbocycles. The summed E-state index contributed by atoms with van der Waals surface area (Å²) in [5.74, 6) is 0.539. The topological polar surface area (TPSA) is 64.4 Å². The molecule has 1 aliphatic carbocycles. The fourth-order valence-electron chi connectivity index (χ4n) is 4.83. The van der Waals surface area contributed by atoms with Crippen molar-refractivity contribution in [3.05, 3.63) is 77.5 Å². The molecule has 1 fully saturated rings. The highest BCUT2D eigenvalue weighted by atomic mass is 16.5. The third kappa shape index (κ3) is 6.37. The molecule has 0 saturated heterocycles. The number of rotatable bonds is 8. The lowest BCUT2D eigenvalue weighted by molar-refractivity contribution is -0.124. The molecule has 0 N–H and O–H groups in total. The summed E-state index contributed by atoms with van der Waals surface area (Å²) in [6.45, 7) is 8.20. The van der Waals surface area contributed by atoms with Crippen LogP contribution in [0.3, 0.4) is 0 Å². The molecule has 0 radical (unpaired) electrons. The zero-order valence-electron chi connectivity index (χ0n) is 22.3. The van der Waals surface area contributed by atoms with Gasteiger partial charge in [-0.3, -0.25) is 9.69 Å². The molecule has 0 aliphatic heterocycles. The summed E-state index contributed by atoms with van der Waals surface area (Å²) in [4.78, 5) is 28.3. The van der Waals surface area contributed by atoms with E-state index in [-0.39, 0.29) is 24.5 Å². The highest BCUT2D eigenvalue weighted by Crippen LogP contribution is 2.33. The molecule has 37 heavy (non-hydrogen) atoms. The molecule has 1 aromatic heterocycles. The van der Waals surface area contributed by atoms with Gasteiger partial charge in [-0.05, 0) is 75.6 Å². The number of esters is 1. The van der Waals surface area contributed by atoms with Crippen molar-refractivity contribution in [3.8, 4) is 5.69 Å². The Labute approximate surface area is 219 Å². The molecular formula is C31H37N3O3. The van der Waals surface area contributed by atoms with E-state index in [0.717, 1.165) is 42.5 Å². The van der Waals surface area contributed by atoms with Crippen molar-refractivity contribution in [1.82, 2.24) is 9.78 Å². The van der Waals surface area contributed by atoms with Gasteiger partial charge >= 0.3 is 5.97 Å². The molecule has 3 aromatic rings. The van der Waals surface area contributed by atoms with Gasteiger partial charge in [0, 0.05) is 18.2 Å². The zero-order valence-corrected chi connectivity index (χ0v) is 22.3. The highest BCUT2D eigenvalue weighted by Gasteiger charge is 2.34. The number of carbonyl (C=O) groups is 2. The van der Waals surface area contributed by atoms with Crippen LogP contribution in [0, 0.1) is 11.8 Å². The molecule has 4 rings (SSSR count). The van der Waals surface area contributed by atoms with Gasteiger partial charge in [0.25, 0.3) is 0 Å². The number of benzene rings is 2. The molecule has 1 amide bonds. The molecular weight excluding hydrogens is 462 g/mol. The van der Waals surface area contributed by atoms with Crippen LogP contribution in [0.15, 0.2) is 60.8 Å². The summed E-state index contributed by atoms with van der Waals surface area (Å²) in [5.41, 5.74) is 3.29. The van der Waals surface area contributed by atoms with E-state index in [0.29, 0.717) is 17.3 Å². The van der Waals surface area contributed by atoms with Crippen molar-refractivity contribution < 1.29 is 14.3 Å². The number of nitrogens with zero attached hydrogens (tertiary/aromatic N) is 3. The first kappa shape index (κ1) is 26.4. The Kier molecular flexibility index (Phi) is 8.59. The van der Waals surface area contributed by atoms with Gasteiger partial charge < -0.3 is 4.74 Å². The summed E-state index contributed by atoms with van der Waals surface area (Å²) in [5, 5.41) is 4.76. The lowest BCUT2D eigenvalue weighted by Crippen LogP contribution is -2.43. The Balaban J connectivity index is 1.64. The van der Waals surface area contributed by atoms with Crippen LogP contribution in [0.25, 0.3) is 17.8 Å². The maximum absolute atomic E-state index is 13.7. The number of amides is 1. The van der Waals surface area contributed by atoms with Crippen LogP contribution in [0.5, 0.6) is 0 Å². The minimum Gasteiger partial charge on any atom is -0.462 e. The molecule has 6 nitrogen and oxygen atoms in total. The highest BCUT2D eigenvalue weighted by molar-refractivity contribution is 6.02. The molecule has 0 unspecified atom stereocenters. The van der Waals surface area contributed by atoms with Gasteiger partial charge in [0.05, 0.1) is 12.3 Å². The molecule has 1 heterocycles. The first-order valence-corrected chi connectivity index (χ1v) is 13.3. The van der Waals surface area contributed by atoms with Gasteiger partial charge in [0.15, 0.2) is 5.82 Å². The van der Waals surface area contributed by atoms with Crippen LogP contribution in [0.1, 0.15) is 74.9 Å². The summed E-state index contributed by atoms with van der Waals surface area (Å²) in [6.07, 6.45) is 9.64. The minimum atomic E-state index is -0.470. The zero-order chi connectivity index (χ0) is 26.4. The summed E-state index contributed by atoms with van der Waals surface area (Å²) in [6, 6.07) is 17.9. The molecule has 194 valence electrons. The minimum absolute atomic E-state index is 0.0408. The number of carbonyl (C=O) groups excluding carboxylic acids is 2. The molecule has 1 saturated carbocycles. The van der Waals surface area contributed by atoms with Crippen molar-refractivity contribution in [2.45, 2.75) is 59.4 Å². The summed E-state index contributed by atoms with van der Waals surface area (Å²) < 4.78 is 7.01. The monoisotopic (exact) mass is 499 g/mol. The van der Waals surface area contributed by atoms with Crippen molar-refractivity contribution in [3.63, 3.8) is 0 Å². The van der Waals surface area contributed by atoms with E-state index in [2.05, 4.69) is 31.2 Å². The Bertz CT molecular complexity index is 1220. The van der Waals surface area contributed by atoms with Gasteiger partial charge in [-0.2, -0.15) is 0 Å². The average molecular weight is 500 g/mol. The van der Waals surface area contributed by atoms with E-state index in [1.54, 1.807) is 22.7 Å². The van der Waals surface area contributed by atoms with Gasteiger partial charge in [0.1, 0.15) is 5.56 Å². The molecule has 0 spiro atoms. The maximum atomic E-state index is 13.7. The van der Waals surface area contributed by atoms with Gasteiger partial charge in [-0.1, -0.05) is 61.5 Å². The molecule has 0 bridgehead atoms. The molecule has 1 aliphatic rings. The van der Waals surface area contributed by atoms with Gasteiger partial charge in [-0.25, -0.2) is 9.48 Å². The van der Waals surface area contributed by atoms with Crippen molar-refractivity contribution in [2.75, 3.05) is 11.5 Å². The lowest BCUT2D eigenvalue weighted by Gasteiger charge is -2.32. The quantitative estimate of drug-likeness (QED) is 0.253. The fourth-order valence-corrected chi connectivity index (χ4v) is 4.83. The third-order valence-corrected chi connectivity index (χ3v) is 6.96. The van der Waals surface area contributed by atoms with Crippen molar-refractivity contribution in [2.24, 2.45) is 11.8 Å². The normalized spacial score (nSPS) is 17.8. The Morgan fingerprint density at radius 1 is 1.00 bits per heavy atom. The van der Waals surface area contributed by atoms with Crippen LogP contribution in [-0.4, -0.2) is 34.3 Å². The van der Waals surface area contributed by atoms with Crippen LogP contribution < -0.4 is 4.90 Å². The van der Waals surface area contributed by atoms with E-state index < -0.39 is 5.97 Å². The second-order valence-electron chi connectivity index (χ2n) is 10.1. The molecule has 6 heteroatoms. The SMILES string of the molecule is CCOC(=O)c1cn(-c2ccc(/C=C/c3ccccc3)cc2)nc1N(C(=O)C1CCC(C)CC1)C(C)C. The van der Waals surface area contributed by atoms with E-state index in [9.17, 15) is 9.59 Å². The number of hydrogen-bond donors (Lipinski definition) is 0. The van der Waals surface area contributed by atoms with Crippen molar-refractivity contribution in [1.29, 1.82) is 0 Å². The largest absolute Gasteiger partial charge is 0.462 e. The van der Waals surface area contributed by atoms with E-state index in [1.807, 2.05) is 56.3 Å². The van der Waals surface area contributed by atoms with E-state index in [1.165, 1.54) is 0 Å². The summed E-state index contributed by atoms with van der Waals surface area (Å²) in [7, 11) is 0. The van der Waals surface area contributed by atoms with Crippen LogP contribution >= 0.6 is 0 Å². The Hall–Kier alpha value is -3.67. The lowest BCUT2D eigenvalue weighted by atomic mass is 9.82. The fraction of sp³-hybridized carbons (Fsp3) is 0.387. The number of hydrogen-bond acceptors (Lipinski definition) is 4. The number of ether oxygens (including phenoxy) is 1. The van der Waals surface area contributed by atoms with E-state index >= 15 is 0 Å². The first-order chi connectivity index (χ1) is 17.9. The number of anilines is 1. The Morgan fingerprint density at radius 2 is 1.62 bits per heavy atom. The van der Waals surface area contributed by atoms with Crippen LogP contribution in [0.2, 0.25) is 0 Å². The predicted octanol–water partition coefficient (Wildman–Crippen LogP) is 6.79. The predicted molar refractivity (Wildman–Crippen MR) is 149 cm³/mol. The second kappa shape index (κ2) is 12.0. The van der Waals surface area contributed by atoms with Crippen molar-refractivity contribution >= 4 is 29.8 Å². The number of aromatic nitrogens is 2. The summed E-state index contributed by atoms with van der Waals surface area (Å²) >= 11 is 0. The smallest absolute Gasteiger partial charge is 0.343 e. The standard InChI is InChI=1S/C31H37N3O3/c1-5-37-31(36)28-21-33(27-19-15-25(16-20-27)14-13-24-9-7-6-8-10-24)32-29(28)34(22(2)3)30(35)26-17-11-23(4)12-18-26/h6-10,13-16,19-23,26H,5,11-12,17-18H2,1-4H3/b14-13+. The third-order valence-electron chi connectivity index (χ3n) is 6.96. The van der Waals surface area contributed by atoms with Crippen LogP contribution in [0.4, 0.5) is 5.82 Å². The second-order valence-corrected chi connectivity index (χ2v) is 10.1. The maximum Gasteiger partial charge on any atom is 0.343 e. The molecule has 0 atom stereocenters. The van der Waals surface area contributed by atoms with E-state index in [4.69, 9.17) is 9.84 Å². The van der Waals surface area contributed by atoms with Gasteiger partial charge in [-0.15, -0.1) is 5.10 Å².